The largest absolute Gasteiger partial charge is 0.326 e. The van der Waals surface area contributed by atoms with Gasteiger partial charge in [-0.2, -0.15) is 0 Å². The number of hydrogen-bond acceptors (Lipinski definition) is 4. The maximum Gasteiger partial charge on any atom is 0.242 e. The Labute approximate surface area is 126 Å². The first kappa shape index (κ1) is 17.6. The zero-order valence-electron chi connectivity index (χ0n) is 12.8. The fraction of sp³-hybridized carbons (Fsp3) is 0.714. The number of nitrogens with two attached hydrogens (primary N) is 1. The van der Waals surface area contributed by atoms with Gasteiger partial charge in [0.05, 0.1) is 0 Å². The lowest BCUT2D eigenvalue weighted by molar-refractivity contribution is 0.488. The molecule has 0 bridgehead atoms. The van der Waals surface area contributed by atoms with Crippen LogP contribution in [0.1, 0.15) is 50.5 Å². The first-order chi connectivity index (χ1) is 9.27. The molecule has 4 nitrogen and oxygen atoms in total. The SMILES string of the molecule is Cc1csc(CN)c1S(=O)(=O)NC(C)CCCC(C)C. The van der Waals surface area contributed by atoms with Gasteiger partial charge in [0.15, 0.2) is 0 Å². The molecule has 0 aliphatic heterocycles. The number of rotatable bonds is 8. The van der Waals surface area contributed by atoms with E-state index in [0.717, 1.165) is 29.7 Å². The van der Waals surface area contributed by atoms with Crippen LogP contribution in [-0.4, -0.2) is 14.5 Å². The van der Waals surface area contributed by atoms with Crippen molar-refractivity contribution >= 4 is 21.4 Å². The molecular weight excluding hydrogens is 292 g/mol. The van der Waals surface area contributed by atoms with E-state index in [1.54, 1.807) is 0 Å². The van der Waals surface area contributed by atoms with E-state index in [1.165, 1.54) is 11.3 Å². The van der Waals surface area contributed by atoms with Gasteiger partial charge in [-0.1, -0.05) is 26.7 Å². The van der Waals surface area contributed by atoms with Crippen molar-refractivity contribution in [3.05, 3.63) is 15.8 Å². The summed E-state index contributed by atoms with van der Waals surface area (Å²) in [5, 5.41) is 1.85. The Morgan fingerprint density at radius 3 is 2.50 bits per heavy atom. The van der Waals surface area contributed by atoms with Crippen LogP contribution in [-0.2, 0) is 16.6 Å². The highest BCUT2D eigenvalue weighted by Gasteiger charge is 2.23. The molecule has 0 aliphatic carbocycles. The topological polar surface area (TPSA) is 72.2 Å². The van der Waals surface area contributed by atoms with Crippen LogP contribution in [0, 0.1) is 12.8 Å². The number of nitrogens with one attached hydrogen (secondary N) is 1. The van der Waals surface area contributed by atoms with Crippen LogP contribution < -0.4 is 10.5 Å². The van der Waals surface area contributed by atoms with Gasteiger partial charge < -0.3 is 5.73 Å². The third-order valence-electron chi connectivity index (χ3n) is 3.22. The molecular formula is C14H26N2O2S2. The zero-order chi connectivity index (χ0) is 15.3. The van der Waals surface area contributed by atoms with Gasteiger partial charge >= 0.3 is 0 Å². The van der Waals surface area contributed by atoms with Gasteiger partial charge in [0.25, 0.3) is 0 Å². The summed E-state index contributed by atoms with van der Waals surface area (Å²) in [5.74, 6) is 0.654. The molecule has 0 amide bonds. The van der Waals surface area contributed by atoms with Crippen LogP contribution in [0.2, 0.25) is 0 Å². The molecule has 0 aliphatic rings. The fourth-order valence-corrected chi connectivity index (χ4v) is 5.18. The van der Waals surface area contributed by atoms with E-state index in [2.05, 4.69) is 18.6 Å². The Kier molecular flexibility index (Phi) is 6.64. The van der Waals surface area contributed by atoms with Gasteiger partial charge in [0.1, 0.15) is 4.90 Å². The first-order valence-electron chi connectivity index (χ1n) is 7.07. The molecule has 1 heterocycles. The van der Waals surface area contributed by atoms with E-state index in [4.69, 9.17) is 5.73 Å². The monoisotopic (exact) mass is 318 g/mol. The van der Waals surface area contributed by atoms with Crippen molar-refractivity contribution in [3.8, 4) is 0 Å². The summed E-state index contributed by atoms with van der Waals surface area (Å²) in [6.07, 6.45) is 3.02. The molecule has 0 radical (unpaired) electrons. The molecule has 6 heteroatoms. The smallest absolute Gasteiger partial charge is 0.242 e. The quantitative estimate of drug-likeness (QED) is 0.774. The Morgan fingerprint density at radius 1 is 1.30 bits per heavy atom. The minimum atomic E-state index is -3.46. The van der Waals surface area contributed by atoms with Crippen LogP contribution in [0.25, 0.3) is 0 Å². The van der Waals surface area contributed by atoms with Crippen molar-refractivity contribution in [1.29, 1.82) is 0 Å². The van der Waals surface area contributed by atoms with E-state index in [1.807, 2.05) is 19.2 Å². The van der Waals surface area contributed by atoms with E-state index in [0.29, 0.717) is 10.8 Å². The summed E-state index contributed by atoms with van der Waals surface area (Å²) in [7, 11) is -3.46. The Morgan fingerprint density at radius 2 is 1.95 bits per heavy atom. The van der Waals surface area contributed by atoms with Crippen LogP contribution in [0.15, 0.2) is 10.3 Å². The summed E-state index contributed by atoms with van der Waals surface area (Å²) in [6.45, 7) is 8.35. The van der Waals surface area contributed by atoms with E-state index in [9.17, 15) is 8.42 Å². The van der Waals surface area contributed by atoms with Crippen molar-refractivity contribution in [3.63, 3.8) is 0 Å². The highest BCUT2D eigenvalue weighted by molar-refractivity contribution is 7.89. The predicted molar refractivity (Wildman–Crippen MR) is 85.4 cm³/mol. The molecule has 1 rings (SSSR count). The molecule has 0 saturated carbocycles. The standard InChI is InChI=1S/C14H26N2O2S2/c1-10(2)6-5-7-12(4)16-20(17,18)14-11(3)9-19-13(14)8-15/h9-10,12,16H,5-8,15H2,1-4H3. The minimum absolute atomic E-state index is 0.0522. The van der Waals surface area contributed by atoms with Gasteiger partial charge in [-0.05, 0) is 37.1 Å². The van der Waals surface area contributed by atoms with Gasteiger partial charge in [0, 0.05) is 17.5 Å². The molecule has 1 aromatic rings. The van der Waals surface area contributed by atoms with E-state index < -0.39 is 10.0 Å². The summed E-state index contributed by atoms with van der Waals surface area (Å²) in [6, 6.07) is -0.0522. The van der Waals surface area contributed by atoms with Gasteiger partial charge in [-0.25, -0.2) is 13.1 Å². The molecule has 116 valence electrons. The lowest BCUT2D eigenvalue weighted by atomic mass is 10.0. The van der Waals surface area contributed by atoms with Gasteiger partial charge in [-0.15, -0.1) is 11.3 Å². The normalized spacial score (nSPS) is 13.9. The molecule has 1 aromatic heterocycles. The second-order valence-corrected chi connectivity index (χ2v) is 8.34. The van der Waals surface area contributed by atoms with Crippen LogP contribution in [0.4, 0.5) is 0 Å². The average molecular weight is 319 g/mol. The van der Waals surface area contributed by atoms with Crippen molar-refractivity contribution in [1.82, 2.24) is 4.72 Å². The second kappa shape index (κ2) is 7.54. The molecule has 1 atom stereocenters. The molecule has 0 spiro atoms. The van der Waals surface area contributed by atoms with E-state index in [-0.39, 0.29) is 12.6 Å². The third kappa shape index (κ3) is 4.84. The number of hydrogen-bond donors (Lipinski definition) is 2. The molecule has 3 N–H and O–H groups in total. The fourth-order valence-electron chi connectivity index (χ4n) is 2.20. The summed E-state index contributed by atoms with van der Waals surface area (Å²) < 4.78 is 27.7. The molecule has 0 saturated heterocycles. The van der Waals surface area contributed by atoms with Gasteiger partial charge in [-0.3, -0.25) is 0 Å². The maximum atomic E-state index is 12.4. The third-order valence-corrected chi connectivity index (χ3v) is 6.29. The number of sulfonamides is 1. The second-order valence-electron chi connectivity index (χ2n) is 5.72. The molecule has 1 unspecified atom stereocenters. The van der Waals surface area contributed by atoms with Crippen molar-refractivity contribution in [2.24, 2.45) is 11.7 Å². The molecule has 0 aromatic carbocycles. The summed E-state index contributed by atoms with van der Waals surface area (Å²) in [5.41, 5.74) is 6.40. The number of aryl methyl sites for hydroxylation is 1. The first-order valence-corrected chi connectivity index (χ1v) is 9.43. The van der Waals surface area contributed by atoms with Crippen molar-refractivity contribution in [2.45, 2.75) is 64.4 Å². The number of thiophene rings is 1. The lowest BCUT2D eigenvalue weighted by Crippen LogP contribution is -2.33. The minimum Gasteiger partial charge on any atom is -0.326 e. The van der Waals surface area contributed by atoms with E-state index >= 15 is 0 Å². The van der Waals surface area contributed by atoms with Crippen LogP contribution >= 0.6 is 11.3 Å². The summed E-state index contributed by atoms with van der Waals surface area (Å²) in [4.78, 5) is 1.10. The lowest BCUT2D eigenvalue weighted by Gasteiger charge is -2.15. The molecule has 0 fully saturated rings. The van der Waals surface area contributed by atoms with Crippen LogP contribution in [0.5, 0.6) is 0 Å². The van der Waals surface area contributed by atoms with Crippen LogP contribution in [0.3, 0.4) is 0 Å². The molecule has 20 heavy (non-hydrogen) atoms. The van der Waals surface area contributed by atoms with Gasteiger partial charge in [0.2, 0.25) is 10.0 Å². The average Bonchev–Trinajstić information content (AvgIpc) is 2.69. The highest BCUT2D eigenvalue weighted by Crippen LogP contribution is 2.26. The predicted octanol–water partition coefficient (Wildman–Crippen LogP) is 3.01. The highest BCUT2D eigenvalue weighted by atomic mass is 32.2. The zero-order valence-corrected chi connectivity index (χ0v) is 14.4. The Hall–Kier alpha value is -0.430. The summed E-state index contributed by atoms with van der Waals surface area (Å²) >= 11 is 1.41. The maximum absolute atomic E-state index is 12.4. The van der Waals surface area contributed by atoms with Crippen molar-refractivity contribution < 1.29 is 8.42 Å². The van der Waals surface area contributed by atoms with Crippen molar-refractivity contribution in [2.75, 3.05) is 0 Å². The Bertz CT molecular complexity index is 521. The Balaban J connectivity index is 2.72.